The van der Waals surface area contributed by atoms with Gasteiger partial charge in [-0.3, -0.25) is 9.59 Å². The number of ether oxygens (including phenoxy) is 1. The van der Waals surface area contributed by atoms with Crippen molar-refractivity contribution in [2.45, 2.75) is 19.4 Å². The van der Waals surface area contributed by atoms with Crippen molar-refractivity contribution in [1.29, 1.82) is 0 Å². The Bertz CT molecular complexity index is 709. The molecule has 24 heavy (non-hydrogen) atoms. The molecule has 0 saturated carbocycles. The smallest absolute Gasteiger partial charge is 0.308 e. The normalized spacial score (nSPS) is 17.5. The Morgan fingerprint density at radius 2 is 2.00 bits per heavy atom. The molecule has 0 bridgehead atoms. The Morgan fingerprint density at radius 1 is 1.21 bits per heavy atom. The van der Waals surface area contributed by atoms with Crippen molar-refractivity contribution in [3.8, 4) is 5.75 Å². The Labute approximate surface area is 139 Å². The summed E-state index contributed by atoms with van der Waals surface area (Å²) in [5, 5.41) is 9.11. The van der Waals surface area contributed by atoms with Gasteiger partial charge in [-0.2, -0.15) is 0 Å². The molecule has 1 saturated heterocycles. The molecule has 1 amide bonds. The summed E-state index contributed by atoms with van der Waals surface area (Å²) in [5.74, 6) is -0.141. The Hall–Kier alpha value is -2.76. The maximum Gasteiger partial charge on any atom is 0.308 e. The number of carbonyl (C=O) groups is 2. The molecule has 3 rings (SSSR count). The van der Waals surface area contributed by atoms with Crippen molar-refractivity contribution >= 4 is 11.9 Å². The third-order valence-corrected chi connectivity index (χ3v) is 4.05. The first kappa shape index (κ1) is 16.1. The molecule has 126 valence electrons. The lowest BCUT2D eigenvalue weighted by atomic mass is 9.98. The summed E-state index contributed by atoms with van der Waals surface area (Å²) < 4.78 is 11.1. The van der Waals surface area contributed by atoms with E-state index in [0.29, 0.717) is 25.1 Å². The number of amides is 1. The average molecular weight is 329 g/mol. The molecule has 1 aliphatic rings. The number of hydrogen-bond donors (Lipinski definition) is 1. The van der Waals surface area contributed by atoms with E-state index < -0.39 is 11.9 Å². The number of benzene rings is 1. The van der Waals surface area contributed by atoms with Gasteiger partial charge < -0.3 is 19.2 Å². The molecule has 0 aliphatic carbocycles. The third-order valence-electron chi connectivity index (χ3n) is 4.05. The van der Waals surface area contributed by atoms with Gasteiger partial charge in [0.1, 0.15) is 18.1 Å². The molecule has 0 unspecified atom stereocenters. The van der Waals surface area contributed by atoms with E-state index >= 15 is 0 Å². The number of hydrogen-bond acceptors (Lipinski definition) is 4. The highest BCUT2D eigenvalue weighted by Gasteiger charge is 2.29. The van der Waals surface area contributed by atoms with Crippen LogP contribution < -0.4 is 4.74 Å². The molecule has 1 aliphatic heterocycles. The van der Waals surface area contributed by atoms with Crippen molar-refractivity contribution < 1.29 is 23.8 Å². The van der Waals surface area contributed by atoms with Crippen LogP contribution >= 0.6 is 0 Å². The first-order chi connectivity index (χ1) is 11.6. The zero-order valence-electron chi connectivity index (χ0n) is 13.2. The van der Waals surface area contributed by atoms with Crippen LogP contribution in [0.15, 0.2) is 46.9 Å². The quantitative estimate of drug-likeness (QED) is 0.912. The van der Waals surface area contributed by atoms with Gasteiger partial charge in [0.25, 0.3) is 5.91 Å². The number of nitrogens with zero attached hydrogens (tertiary/aromatic N) is 1. The monoisotopic (exact) mass is 329 g/mol. The van der Waals surface area contributed by atoms with Crippen LogP contribution in [0.3, 0.4) is 0 Å². The lowest BCUT2D eigenvalue weighted by molar-refractivity contribution is -0.143. The van der Waals surface area contributed by atoms with Gasteiger partial charge in [0.2, 0.25) is 0 Å². The van der Waals surface area contributed by atoms with Gasteiger partial charge in [0.05, 0.1) is 5.92 Å². The number of likely N-dealkylation sites (tertiary alicyclic amines) is 1. The first-order valence-corrected chi connectivity index (χ1v) is 7.92. The minimum Gasteiger partial charge on any atom is -0.486 e. The van der Waals surface area contributed by atoms with Crippen LogP contribution in [0.2, 0.25) is 0 Å². The highest BCUT2D eigenvalue weighted by molar-refractivity contribution is 5.92. The molecule has 2 heterocycles. The van der Waals surface area contributed by atoms with Gasteiger partial charge in [-0.1, -0.05) is 18.2 Å². The molecule has 1 atom stereocenters. The number of carbonyl (C=O) groups excluding carboxylic acids is 1. The summed E-state index contributed by atoms with van der Waals surface area (Å²) >= 11 is 0. The summed E-state index contributed by atoms with van der Waals surface area (Å²) in [6.45, 7) is 1.01. The van der Waals surface area contributed by atoms with Gasteiger partial charge >= 0.3 is 5.97 Å². The molecule has 0 spiro atoms. The van der Waals surface area contributed by atoms with Crippen LogP contribution in [0, 0.1) is 5.92 Å². The summed E-state index contributed by atoms with van der Waals surface area (Å²) in [6.07, 6.45) is 1.29. The number of piperidine rings is 1. The Kier molecular flexibility index (Phi) is 4.84. The number of rotatable bonds is 5. The predicted molar refractivity (Wildman–Crippen MR) is 85.7 cm³/mol. The first-order valence-electron chi connectivity index (χ1n) is 7.92. The lowest BCUT2D eigenvalue weighted by Gasteiger charge is -2.29. The van der Waals surface area contributed by atoms with E-state index in [2.05, 4.69) is 0 Å². The van der Waals surface area contributed by atoms with Gasteiger partial charge in [-0.05, 0) is 37.1 Å². The van der Waals surface area contributed by atoms with Gasteiger partial charge in [0.15, 0.2) is 5.76 Å². The van der Waals surface area contributed by atoms with Crippen molar-refractivity contribution in [2.75, 3.05) is 13.1 Å². The fourth-order valence-corrected chi connectivity index (χ4v) is 2.76. The fraction of sp³-hybridized carbons (Fsp3) is 0.333. The molecular weight excluding hydrogens is 310 g/mol. The molecule has 2 aromatic rings. The van der Waals surface area contributed by atoms with Crippen molar-refractivity contribution in [3.63, 3.8) is 0 Å². The summed E-state index contributed by atoms with van der Waals surface area (Å²) in [4.78, 5) is 25.1. The molecule has 1 aromatic heterocycles. The number of carboxylic acids is 1. The van der Waals surface area contributed by atoms with Crippen LogP contribution in [0.1, 0.15) is 29.2 Å². The number of carboxylic acid groups (broad SMARTS) is 1. The van der Waals surface area contributed by atoms with Crippen LogP contribution in [0.25, 0.3) is 0 Å². The van der Waals surface area contributed by atoms with Crippen molar-refractivity contribution in [2.24, 2.45) is 5.92 Å². The minimum absolute atomic E-state index is 0.215. The summed E-state index contributed by atoms with van der Waals surface area (Å²) in [6, 6.07) is 12.7. The number of aliphatic carboxylic acids is 1. The highest BCUT2D eigenvalue weighted by atomic mass is 16.5. The Morgan fingerprint density at radius 3 is 2.75 bits per heavy atom. The van der Waals surface area contributed by atoms with Gasteiger partial charge in [-0.25, -0.2) is 0 Å². The molecule has 1 N–H and O–H groups in total. The van der Waals surface area contributed by atoms with E-state index in [1.165, 1.54) is 0 Å². The maximum atomic E-state index is 12.5. The summed E-state index contributed by atoms with van der Waals surface area (Å²) in [5.41, 5.74) is 0. The SMILES string of the molecule is O=C(O)[C@H]1CCCN(C(=O)c2ccc(COc3ccccc3)o2)C1. The second-order valence-electron chi connectivity index (χ2n) is 5.80. The number of para-hydroxylation sites is 1. The zero-order valence-corrected chi connectivity index (χ0v) is 13.2. The second kappa shape index (κ2) is 7.21. The molecule has 6 heteroatoms. The molecule has 1 aromatic carbocycles. The van der Waals surface area contributed by atoms with E-state index in [-0.39, 0.29) is 24.8 Å². The van der Waals surface area contributed by atoms with Crippen LogP contribution in [0.5, 0.6) is 5.75 Å². The van der Waals surface area contributed by atoms with Crippen LogP contribution in [-0.2, 0) is 11.4 Å². The van der Waals surface area contributed by atoms with Crippen molar-refractivity contribution in [3.05, 3.63) is 54.0 Å². The summed E-state index contributed by atoms with van der Waals surface area (Å²) in [7, 11) is 0. The fourth-order valence-electron chi connectivity index (χ4n) is 2.76. The van der Waals surface area contributed by atoms with Gasteiger partial charge in [0, 0.05) is 13.1 Å². The molecule has 6 nitrogen and oxygen atoms in total. The van der Waals surface area contributed by atoms with Crippen LogP contribution in [-0.4, -0.2) is 35.0 Å². The van der Waals surface area contributed by atoms with E-state index in [1.807, 2.05) is 30.3 Å². The predicted octanol–water partition coefficient (Wildman–Crippen LogP) is 2.80. The standard InChI is InChI=1S/C18H19NO5/c20-17(19-10-4-5-13(11-19)18(21)22)16-9-8-15(24-16)12-23-14-6-2-1-3-7-14/h1-3,6-9,13H,4-5,10-12H2,(H,21,22)/t13-/m0/s1. The topological polar surface area (TPSA) is 80.0 Å². The van der Waals surface area contributed by atoms with E-state index in [0.717, 1.165) is 5.75 Å². The van der Waals surface area contributed by atoms with E-state index in [4.69, 9.17) is 14.3 Å². The molecule has 1 fully saturated rings. The number of furan rings is 1. The highest BCUT2D eigenvalue weighted by Crippen LogP contribution is 2.20. The van der Waals surface area contributed by atoms with Crippen LogP contribution in [0.4, 0.5) is 0 Å². The van der Waals surface area contributed by atoms with E-state index in [1.54, 1.807) is 17.0 Å². The Balaban J connectivity index is 1.60. The van der Waals surface area contributed by atoms with Gasteiger partial charge in [-0.15, -0.1) is 0 Å². The van der Waals surface area contributed by atoms with E-state index in [9.17, 15) is 9.59 Å². The largest absolute Gasteiger partial charge is 0.486 e. The third kappa shape index (κ3) is 3.76. The zero-order chi connectivity index (χ0) is 16.9. The van der Waals surface area contributed by atoms with Crippen molar-refractivity contribution in [1.82, 2.24) is 4.90 Å². The average Bonchev–Trinajstić information content (AvgIpc) is 3.09. The lowest BCUT2D eigenvalue weighted by Crippen LogP contribution is -2.42. The second-order valence-corrected chi connectivity index (χ2v) is 5.80. The maximum absolute atomic E-state index is 12.5. The minimum atomic E-state index is -0.858. The molecule has 0 radical (unpaired) electrons. The molecular formula is C18H19NO5.